The van der Waals surface area contributed by atoms with Crippen LogP contribution in [0.1, 0.15) is 18.2 Å². The zero-order chi connectivity index (χ0) is 13.3. The topological polar surface area (TPSA) is 88.1 Å². The van der Waals surface area contributed by atoms with Crippen LogP contribution >= 0.6 is 0 Å². The summed E-state index contributed by atoms with van der Waals surface area (Å²) in [5.41, 5.74) is 7.20. The first kappa shape index (κ1) is 11.5. The number of rotatable bonds is 3. The van der Waals surface area contributed by atoms with E-state index in [4.69, 9.17) is 15.2 Å². The summed E-state index contributed by atoms with van der Waals surface area (Å²) in [5, 5.41) is 8.08. The monoisotopic (exact) mass is 259 g/mol. The Morgan fingerprint density at radius 1 is 1.37 bits per heavy atom. The Kier molecular flexibility index (Phi) is 2.59. The van der Waals surface area contributed by atoms with Crippen molar-refractivity contribution in [1.29, 1.82) is 0 Å². The van der Waals surface area contributed by atoms with Gasteiger partial charge in [-0.2, -0.15) is 9.90 Å². The molecular weight excluding hydrogens is 246 g/mol. The first-order chi connectivity index (χ1) is 9.16. The number of aromatic nitrogens is 4. The van der Waals surface area contributed by atoms with E-state index in [0.29, 0.717) is 18.1 Å². The lowest BCUT2D eigenvalue weighted by molar-refractivity contribution is -0.136. The van der Waals surface area contributed by atoms with E-state index in [9.17, 15) is 0 Å². The Hall–Kier alpha value is -2.57. The van der Waals surface area contributed by atoms with Gasteiger partial charge in [-0.1, -0.05) is 0 Å². The van der Waals surface area contributed by atoms with Crippen molar-refractivity contribution in [3.8, 4) is 0 Å². The molecule has 1 aliphatic rings. The number of anilines is 1. The largest absolute Gasteiger partial charge is 0.452 e. The molecule has 2 N–H and O–H groups in total. The van der Waals surface area contributed by atoms with E-state index in [1.54, 1.807) is 6.20 Å². The summed E-state index contributed by atoms with van der Waals surface area (Å²) in [6.07, 6.45) is 6.22. The van der Waals surface area contributed by atoms with Crippen LogP contribution in [-0.2, 0) is 21.8 Å². The molecule has 0 unspecified atom stereocenters. The van der Waals surface area contributed by atoms with Gasteiger partial charge in [0, 0.05) is 13.1 Å². The number of hydrogen-bond donors (Lipinski definition) is 1. The highest BCUT2D eigenvalue weighted by molar-refractivity contribution is 5.22. The summed E-state index contributed by atoms with van der Waals surface area (Å²) in [7, 11) is 0. The van der Waals surface area contributed by atoms with Gasteiger partial charge in [0.15, 0.2) is 5.82 Å². The molecule has 0 bridgehead atoms. The van der Waals surface area contributed by atoms with Crippen molar-refractivity contribution in [3.05, 3.63) is 48.3 Å². The molecule has 3 heterocycles. The van der Waals surface area contributed by atoms with Crippen LogP contribution in [0.3, 0.4) is 0 Å². The fraction of sp³-hybridized carbons (Fsp3) is 0.250. The molecular formula is C12H13N5O2. The normalized spacial score (nSPS) is 16.1. The van der Waals surface area contributed by atoms with Crippen molar-refractivity contribution in [2.45, 2.75) is 19.3 Å². The van der Waals surface area contributed by atoms with E-state index >= 15 is 0 Å². The van der Waals surface area contributed by atoms with Gasteiger partial charge in [0.2, 0.25) is 0 Å². The summed E-state index contributed by atoms with van der Waals surface area (Å²) in [6, 6.07) is 3.78. The average Bonchev–Trinajstić information content (AvgIpc) is 3.00. The van der Waals surface area contributed by atoms with E-state index in [2.05, 4.69) is 15.2 Å². The molecule has 0 spiro atoms. The molecule has 98 valence electrons. The molecule has 7 heteroatoms. The van der Waals surface area contributed by atoms with Crippen LogP contribution in [0.25, 0.3) is 0 Å². The predicted molar refractivity (Wildman–Crippen MR) is 66.4 cm³/mol. The highest BCUT2D eigenvalue weighted by atomic mass is 16.7. The highest BCUT2D eigenvalue weighted by Crippen LogP contribution is 2.30. The molecule has 0 amide bonds. The molecule has 0 radical (unpaired) electrons. The molecule has 0 aromatic carbocycles. The first-order valence-corrected chi connectivity index (χ1v) is 5.77. The minimum absolute atomic E-state index is 0.396. The van der Waals surface area contributed by atoms with Crippen molar-refractivity contribution in [2.24, 2.45) is 0 Å². The lowest BCUT2D eigenvalue weighted by atomic mass is 10.1. The van der Waals surface area contributed by atoms with Crippen LogP contribution in [0.4, 0.5) is 5.82 Å². The Morgan fingerprint density at radius 3 is 2.84 bits per heavy atom. The second-order valence-electron chi connectivity index (χ2n) is 4.30. The maximum Gasteiger partial charge on any atom is 0.290 e. The minimum Gasteiger partial charge on any atom is -0.452 e. The molecule has 0 aliphatic carbocycles. The summed E-state index contributed by atoms with van der Waals surface area (Å²) < 4.78 is 10.8. The van der Waals surface area contributed by atoms with E-state index in [-0.39, 0.29) is 0 Å². The molecule has 0 fully saturated rings. The van der Waals surface area contributed by atoms with Gasteiger partial charge in [0.05, 0.1) is 12.7 Å². The second kappa shape index (κ2) is 4.27. The van der Waals surface area contributed by atoms with Gasteiger partial charge in [-0.25, -0.2) is 0 Å². The fourth-order valence-corrected chi connectivity index (χ4v) is 1.83. The van der Waals surface area contributed by atoms with Crippen LogP contribution < -0.4 is 5.73 Å². The second-order valence-corrected chi connectivity index (χ2v) is 4.30. The average molecular weight is 259 g/mol. The first-order valence-electron chi connectivity index (χ1n) is 5.77. The lowest BCUT2D eigenvalue weighted by Crippen LogP contribution is -2.24. The van der Waals surface area contributed by atoms with E-state index in [1.165, 1.54) is 23.5 Å². The van der Waals surface area contributed by atoms with E-state index < -0.39 is 5.79 Å². The molecule has 1 aliphatic heterocycles. The highest BCUT2D eigenvalue weighted by Gasteiger charge is 2.33. The Labute approximate surface area is 109 Å². The third kappa shape index (κ3) is 2.22. The summed E-state index contributed by atoms with van der Waals surface area (Å²) in [5.74, 6) is -0.472. The van der Waals surface area contributed by atoms with Crippen LogP contribution in [0.5, 0.6) is 0 Å². The Balaban J connectivity index is 1.84. The number of hydrogen-bond acceptors (Lipinski definition) is 6. The van der Waals surface area contributed by atoms with Gasteiger partial charge >= 0.3 is 0 Å². The van der Waals surface area contributed by atoms with E-state index in [0.717, 1.165) is 5.56 Å². The Morgan fingerprint density at radius 2 is 2.16 bits per heavy atom. The summed E-state index contributed by atoms with van der Waals surface area (Å²) in [6.45, 7) is 2.32. The number of ether oxygens (including phenoxy) is 2. The molecule has 7 nitrogen and oxygen atoms in total. The van der Waals surface area contributed by atoms with Crippen molar-refractivity contribution in [2.75, 3.05) is 5.73 Å². The number of nitrogens with zero attached hydrogens (tertiary/aromatic N) is 4. The van der Waals surface area contributed by atoms with Crippen LogP contribution in [-0.4, -0.2) is 20.0 Å². The maximum atomic E-state index is 5.53. The molecule has 0 saturated heterocycles. The zero-order valence-electron chi connectivity index (χ0n) is 10.4. The SMILES string of the molecule is CC1(c2cc(Cn3ncc(N)n3)ccn2)OC=CO1. The molecule has 19 heavy (non-hydrogen) atoms. The number of pyridine rings is 1. The fourth-order valence-electron chi connectivity index (χ4n) is 1.83. The number of nitrogen functional groups attached to an aromatic ring is 1. The van der Waals surface area contributed by atoms with Gasteiger partial charge < -0.3 is 15.2 Å². The summed E-state index contributed by atoms with van der Waals surface area (Å²) in [4.78, 5) is 5.79. The Bertz CT molecular complexity index is 614. The van der Waals surface area contributed by atoms with Gasteiger partial charge in [-0.15, -0.1) is 5.10 Å². The van der Waals surface area contributed by atoms with Gasteiger partial charge in [0.25, 0.3) is 5.79 Å². The quantitative estimate of drug-likeness (QED) is 0.884. The molecule has 0 saturated carbocycles. The minimum atomic E-state index is -0.868. The number of nitrogens with two attached hydrogens (primary N) is 1. The van der Waals surface area contributed by atoms with Gasteiger partial charge in [0.1, 0.15) is 18.2 Å². The van der Waals surface area contributed by atoms with Crippen molar-refractivity contribution < 1.29 is 9.47 Å². The van der Waals surface area contributed by atoms with Crippen LogP contribution in [0.2, 0.25) is 0 Å². The standard InChI is InChI=1S/C12H13N5O2/c1-12(18-4-5-19-12)10-6-9(2-3-14-10)8-17-15-7-11(13)16-17/h2-7H,8H2,1H3,(H2,13,16). The molecule has 0 atom stereocenters. The van der Waals surface area contributed by atoms with Gasteiger partial charge in [-0.3, -0.25) is 4.98 Å². The van der Waals surface area contributed by atoms with Crippen molar-refractivity contribution >= 4 is 5.82 Å². The van der Waals surface area contributed by atoms with Crippen LogP contribution in [0, 0.1) is 0 Å². The van der Waals surface area contributed by atoms with Crippen molar-refractivity contribution in [1.82, 2.24) is 20.0 Å². The van der Waals surface area contributed by atoms with Crippen molar-refractivity contribution in [3.63, 3.8) is 0 Å². The lowest BCUT2D eigenvalue weighted by Gasteiger charge is -2.22. The smallest absolute Gasteiger partial charge is 0.290 e. The maximum absolute atomic E-state index is 5.53. The third-order valence-electron chi connectivity index (χ3n) is 2.81. The molecule has 2 aromatic rings. The molecule has 2 aromatic heterocycles. The van der Waals surface area contributed by atoms with Crippen LogP contribution in [0.15, 0.2) is 37.1 Å². The zero-order valence-corrected chi connectivity index (χ0v) is 10.4. The summed E-state index contributed by atoms with van der Waals surface area (Å²) >= 11 is 0. The van der Waals surface area contributed by atoms with E-state index in [1.807, 2.05) is 19.1 Å². The van der Waals surface area contributed by atoms with Gasteiger partial charge in [-0.05, 0) is 17.7 Å². The predicted octanol–water partition coefficient (Wildman–Crippen LogP) is 0.994. The molecule has 3 rings (SSSR count). The third-order valence-corrected chi connectivity index (χ3v) is 2.81.